The highest BCUT2D eigenvalue weighted by Gasteiger charge is 2.41. The molecule has 0 saturated carbocycles. The zero-order chi connectivity index (χ0) is 10.9. The Morgan fingerprint density at radius 2 is 2.33 bits per heavy atom. The normalized spacial score (nSPS) is 43.4. The first-order valence-corrected chi connectivity index (χ1v) is 6.25. The van der Waals surface area contributed by atoms with Gasteiger partial charge in [0, 0.05) is 19.0 Å². The van der Waals surface area contributed by atoms with Gasteiger partial charge in [0.15, 0.2) is 0 Å². The molecule has 3 unspecified atom stereocenters. The van der Waals surface area contributed by atoms with E-state index in [2.05, 4.69) is 31.0 Å². The van der Waals surface area contributed by atoms with Crippen LogP contribution in [0.5, 0.6) is 0 Å². The molecule has 0 bridgehead atoms. The van der Waals surface area contributed by atoms with Crippen LogP contribution in [0.3, 0.4) is 0 Å². The number of likely N-dealkylation sites (tertiary alicyclic amines) is 1. The molecule has 2 rings (SSSR count). The lowest BCUT2D eigenvalue weighted by Crippen LogP contribution is -2.57. The minimum atomic E-state index is -0.0730. The third-order valence-corrected chi connectivity index (χ3v) is 3.97. The first-order chi connectivity index (χ1) is 7.14. The average molecular weight is 212 g/mol. The smallest absolute Gasteiger partial charge is 0.120 e. The molecule has 3 atom stereocenters. The molecule has 2 saturated heterocycles. The monoisotopic (exact) mass is 212 g/mol. The van der Waals surface area contributed by atoms with Crippen LogP contribution < -0.4 is 5.32 Å². The molecule has 0 radical (unpaired) electrons. The number of ether oxygens (including phenoxy) is 1. The zero-order valence-electron chi connectivity index (χ0n) is 10.3. The van der Waals surface area contributed by atoms with Crippen molar-refractivity contribution in [1.29, 1.82) is 0 Å². The Bertz CT molecular complexity index is 212. The van der Waals surface area contributed by atoms with Crippen molar-refractivity contribution in [3.05, 3.63) is 0 Å². The SMILES string of the molecule is CCN1CCC(C2(C)NCC(C)CO2)C1. The minimum Gasteiger partial charge on any atom is -0.360 e. The lowest BCUT2D eigenvalue weighted by atomic mass is 9.93. The second kappa shape index (κ2) is 4.40. The lowest BCUT2D eigenvalue weighted by molar-refractivity contribution is -0.133. The van der Waals surface area contributed by atoms with E-state index in [0.717, 1.165) is 13.2 Å². The van der Waals surface area contributed by atoms with E-state index in [0.29, 0.717) is 11.8 Å². The van der Waals surface area contributed by atoms with E-state index in [-0.39, 0.29) is 5.72 Å². The summed E-state index contributed by atoms with van der Waals surface area (Å²) in [7, 11) is 0. The standard InChI is InChI=1S/C12H24N2O/c1-4-14-6-5-11(8-14)12(3)13-7-10(2)9-15-12/h10-11,13H,4-9H2,1-3H3. The van der Waals surface area contributed by atoms with Gasteiger partial charge in [0.2, 0.25) is 0 Å². The van der Waals surface area contributed by atoms with Gasteiger partial charge in [-0.1, -0.05) is 13.8 Å². The molecule has 0 spiro atoms. The largest absolute Gasteiger partial charge is 0.360 e. The quantitative estimate of drug-likeness (QED) is 0.747. The summed E-state index contributed by atoms with van der Waals surface area (Å²) < 4.78 is 6.02. The molecule has 0 aromatic carbocycles. The van der Waals surface area contributed by atoms with E-state index >= 15 is 0 Å². The predicted molar refractivity (Wildman–Crippen MR) is 61.7 cm³/mol. The summed E-state index contributed by atoms with van der Waals surface area (Å²) in [5.74, 6) is 1.31. The van der Waals surface area contributed by atoms with Crippen LogP contribution in [0.1, 0.15) is 27.2 Å². The van der Waals surface area contributed by atoms with Gasteiger partial charge >= 0.3 is 0 Å². The maximum Gasteiger partial charge on any atom is 0.120 e. The Labute approximate surface area is 93.2 Å². The third kappa shape index (κ3) is 2.35. The average Bonchev–Trinajstić information content (AvgIpc) is 2.72. The van der Waals surface area contributed by atoms with Crippen LogP contribution in [-0.2, 0) is 4.74 Å². The van der Waals surface area contributed by atoms with Gasteiger partial charge < -0.3 is 9.64 Å². The molecule has 0 aliphatic carbocycles. The lowest BCUT2D eigenvalue weighted by Gasteiger charge is -2.42. The zero-order valence-corrected chi connectivity index (χ0v) is 10.3. The van der Waals surface area contributed by atoms with Crippen molar-refractivity contribution in [1.82, 2.24) is 10.2 Å². The van der Waals surface area contributed by atoms with Crippen LogP contribution in [0, 0.1) is 11.8 Å². The minimum absolute atomic E-state index is 0.0730. The molecule has 88 valence electrons. The molecule has 15 heavy (non-hydrogen) atoms. The van der Waals surface area contributed by atoms with Crippen molar-refractivity contribution in [2.24, 2.45) is 11.8 Å². The Morgan fingerprint density at radius 1 is 1.53 bits per heavy atom. The number of hydrogen-bond acceptors (Lipinski definition) is 3. The van der Waals surface area contributed by atoms with E-state index < -0.39 is 0 Å². The predicted octanol–water partition coefficient (Wildman–Crippen LogP) is 1.30. The van der Waals surface area contributed by atoms with E-state index in [1.807, 2.05) is 0 Å². The molecule has 0 aromatic heterocycles. The van der Waals surface area contributed by atoms with E-state index in [9.17, 15) is 0 Å². The highest BCUT2D eigenvalue weighted by Crippen LogP contribution is 2.30. The van der Waals surface area contributed by atoms with Crippen molar-refractivity contribution >= 4 is 0 Å². The molecule has 0 aromatic rings. The summed E-state index contributed by atoms with van der Waals surface area (Å²) in [6.07, 6.45) is 1.27. The molecule has 3 heteroatoms. The van der Waals surface area contributed by atoms with Crippen molar-refractivity contribution in [2.45, 2.75) is 32.9 Å². The van der Waals surface area contributed by atoms with Gasteiger partial charge in [0.05, 0.1) is 6.61 Å². The number of nitrogens with one attached hydrogen (secondary N) is 1. The third-order valence-electron chi connectivity index (χ3n) is 3.97. The topological polar surface area (TPSA) is 24.5 Å². The molecule has 2 aliphatic rings. The summed E-state index contributed by atoms with van der Waals surface area (Å²) in [4.78, 5) is 2.51. The van der Waals surface area contributed by atoms with E-state index in [1.165, 1.54) is 26.1 Å². The molecular weight excluding hydrogens is 188 g/mol. The fourth-order valence-electron chi connectivity index (χ4n) is 2.63. The maximum atomic E-state index is 6.02. The first kappa shape index (κ1) is 11.4. The molecule has 1 N–H and O–H groups in total. The second-order valence-electron chi connectivity index (χ2n) is 5.28. The van der Waals surface area contributed by atoms with Gasteiger partial charge in [-0.3, -0.25) is 5.32 Å². The summed E-state index contributed by atoms with van der Waals surface area (Å²) >= 11 is 0. The molecular formula is C12H24N2O. The van der Waals surface area contributed by atoms with Crippen LogP contribution in [0.2, 0.25) is 0 Å². The fourth-order valence-corrected chi connectivity index (χ4v) is 2.63. The highest BCUT2D eigenvalue weighted by molar-refractivity contribution is 4.91. The highest BCUT2D eigenvalue weighted by atomic mass is 16.5. The molecule has 2 aliphatic heterocycles. The number of rotatable bonds is 2. The Kier molecular flexibility index (Phi) is 3.33. The van der Waals surface area contributed by atoms with Crippen LogP contribution >= 0.6 is 0 Å². The van der Waals surface area contributed by atoms with Gasteiger partial charge in [-0.05, 0) is 32.4 Å². The van der Waals surface area contributed by atoms with Crippen LogP contribution in [-0.4, -0.2) is 43.4 Å². The molecule has 2 heterocycles. The molecule has 2 fully saturated rings. The van der Waals surface area contributed by atoms with Crippen molar-refractivity contribution in [2.75, 3.05) is 32.8 Å². The van der Waals surface area contributed by atoms with Crippen molar-refractivity contribution in [3.63, 3.8) is 0 Å². The van der Waals surface area contributed by atoms with E-state index in [4.69, 9.17) is 4.74 Å². The summed E-state index contributed by atoms with van der Waals surface area (Å²) in [6.45, 7) is 12.3. The Morgan fingerprint density at radius 3 is 2.87 bits per heavy atom. The van der Waals surface area contributed by atoms with Crippen LogP contribution in [0.4, 0.5) is 0 Å². The molecule has 3 nitrogen and oxygen atoms in total. The Hall–Kier alpha value is -0.120. The number of nitrogens with zero attached hydrogens (tertiary/aromatic N) is 1. The van der Waals surface area contributed by atoms with Crippen molar-refractivity contribution in [3.8, 4) is 0 Å². The van der Waals surface area contributed by atoms with E-state index in [1.54, 1.807) is 0 Å². The van der Waals surface area contributed by atoms with Gasteiger partial charge in [-0.15, -0.1) is 0 Å². The summed E-state index contributed by atoms with van der Waals surface area (Å²) in [5.41, 5.74) is -0.0730. The first-order valence-electron chi connectivity index (χ1n) is 6.25. The van der Waals surface area contributed by atoms with Gasteiger partial charge in [0.25, 0.3) is 0 Å². The van der Waals surface area contributed by atoms with Crippen molar-refractivity contribution < 1.29 is 4.74 Å². The number of hydrogen-bond donors (Lipinski definition) is 1. The van der Waals surface area contributed by atoms with Gasteiger partial charge in [-0.25, -0.2) is 0 Å². The summed E-state index contributed by atoms with van der Waals surface area (Å²) in [5, 5.41) is 3.58. The van der Waals surface area contributed by atoms with Gasteiger partial charge in [0.1, 0.15) is 5.72 Å². The maximum absolute atomic E-state index is 6.02. The Balaban J connectivity index is 1.92. The molecule has 0 amide bonds. The van der Waals surface area contributed by atoms with Crippen LogP contribution in [0.25, 0.3) is 0 Å². The fraction of sp³-hybridized carbons (Fsp3) is 1.00. The summed E-state index contributed by atoms with van der Waals surface area (Å²) in [6, 6.07) is 0. The van der Waals surface area contributed by atoms with Crippen LogP contribution in [0.15, 0.2) is 0 Å². The van der Waals surface area contributed by atoms with Gasteiger partial charge in [-0.2, -0.15) is 0 Å². The second-order valence-corrected chi connectivity index (χ2v) is 5.28.